The molecule has 0 unspecified atom stereocenters. The molecule has 0 spiro atoms. The number of nitrogens with zero attached hydrogens (tertiary/aromatic N) is 4. The highest BCUT2D eigenvalue weighted by atomic mass is 16.3. The molecule has 242 valence electrons. The maximum Gasteiger partial charge on any atom is 0.164 e. The molecule has 7 aromatic carbocycles. The number of benzene rings is 7. The summed E-state index contributed by atoms with van der Waals surface area (Å²) in [6.45, 7) is 0. The summed E-state index contributed by atoms with van der Waals surface area (Å²) in [4.78, 5) is 19.8. The maximum absolute atomic E-state index is 6.44. The van der Waals surface area contributed by atoms with Crippen LogP contribution in [0, 0.1) is 0 Å². The lowest BCUT2D eigenvalue weighted by atomic mass is 9.92. The first-order valence-corrected chi connectivity index (χ1v) is 17.2. The van der Waals surface area contributed by atoms with Crippen LogP contribution in [0.2, 0.25) is 0 Å². The van der Waals surface area contributed by atoms with E-state index in [0.717, 1.165) is 93.2 Å². The summed E-state index contributed by atoms with van der Waals surface area (Å²) in [5, 5.41) is 8.46. The number of para-hydroxylation sites is 1. The molecule has 0 saturated heterocycles. The van der Waals surface area contributed by atoms with Gasteiger partial charge >= 0.3 is 0 Å². The van der Waals surface area contributed by atoms with Crippen LogP contribution < -0.4 is 0 Å². The van der Waals surface area contributed by atoms with Crippen molar-refractivity contribution in [3.63, 3.8) is 0 Å². The fraction of sp³-hybridized carbons (Fsp3) is 0. The van der Waals surface area contributed by atoms with Gasteiger partial charge in [-0.3, -0.25) is 4.98 Å². The molecule has 11 aromatic rings. The molecule has 0 radical (unpaired) electrons. The minimum absolute atomic E-state index is 0.588. The Morgan fingerprint density at radius 1 is 0.365 bits per heavy atom. The summed E-state index contributed by atoms with van der Waals surface area (Å²) in [7, 11) is 0. The predicted octanol–water partition coefficient (Wildman–Crippen LogP) is 12.0. The zero-order chi connectivity index (χ0) is 34.2. The molecule has 52 heavy (non-hydrogen) atoms. The van der Waals surface area contributed by atoms with Gasteiger partial charge in [0.05, 0.1) is 0 Å². The number of rotatable bonds is 4. The fourth-order valence-corrected chi connectivity index (χ4v) is 7.65. The Morgan fingerprint density at radius 3 is 1.81 bits per heavy atom. The lowest BCUT2D eigenvalue weighted by molar-refractivity contribution is 0.669. The highest BCUT2D eigenvalue weighted by Gasteiger charge is 2.21. The second-order valence-corrected chi connectivity index (χ2v) is 13.0. The van der Waals surface area contributed by atoms with E-state index >= 15 is 0 Å². The summed E-state index contributed by atoms with van der Waals surface area (Å²) < 4.78 is 12.7. The molecular weight excluding hydrogens is 641 g/mol. The first-order valence-electron chi connectivity index (χ1n) is 17.2. The zero-order valence-electron chi connectivity index (χ0n) is 27.6. The van der Waals surface area contributed by atoms with E-state index in [2.05, 4.69) is 77.8 Å². The second-order valence-electron chi connectivity index (χ2n) is 13.0. The first-order chi connectivity index (χ1) is 25.8. The average Bonchev–Trinajstić information content (AvgIpc) is 3.78. The predicted molar refractivity (Wildman–Crippen MR) is 209 cm³/mol. The summed E-state index contributed by atoms with van der Waals surface area (Å²) in [6.07, 6.45) is 3.72. The Bertz CT molecular complexity index is 3200. The molecule has 0 amide bonds. The van der Waals surface area contributed by atoms with Crippen molar-refractivity contribution < 1.29 is 8.83 Å². The van der Waals surface area contributed by atoms with Crippen molar-refractivity contribution >= 4 is 65.4 Å². The summed E-state index contributed by atoms with van der Waals surface area (Å²) in [6, 6.07) is 49.6. The zero-order valence-corrected chi connectivity index (χ0v) is 27.6. The SMILES string of the molecule is c1ccc(-c2nc(-c3ccc(-c4cccc5oc6cc7ccncc7cc6c45)c4ccccc34)nc(-c3cccc4oc5ccccc5c34)n2)cc1. The van der Waals surface area contributed by atoms with Crippen LogP contribution in [0.5, 0.6) is 0 Å². The summed E-state index contributed by atoms with van der Waals surface area (Å²) in [5.41, 5.74) is 8.26. The van der Waals surface area contributed by atoms with Crippen molar-refractivity contribution in [3.05, 3.63) is 158 Å². The van der Waals surface area contributed by atoms with Crippen molar-refractivity contribution in [2.45, 2.75) is 0 Å². The van der Waals surface area contributed by atoms with Crippen molar-refractivity contribution in [1.82, 2.24) is 19.9 Å². The molecule has 4 heterocycles. The lowest BCUT2D eigenvalue weighted by Gasteiger charge is -2.14. The van der Waals surface area contributed by atoms with Crippen molar-refractivity contribution in [2.75, 3.05) is 0 Å². The topological polar surface area (TPSA) is 77.8 Å². The van der Waals surface area contributed by atoms with Crippen molar-refractivity contribution in [1.29, 1.82) is 0 Å². The smallest absolute Gasteiger partial charge is 0.164 e. The van der Waals surface area contributed by atoms with Crippen LogP contribution in [0.25, 0.3) is 111 Å². The molecule has 0 saturated carbocycles. The molecule has 11 rings (SSSR count). The minimum atomic E-state index is 0.588. The van der Waals surface area contributed by atoms with E-state index in [1.165, 1.54) is 0 Å². The van der Waals surface area contributed by atoms with Gasteiger partial charge in [-0.1, -0.05) is 103 Å². The maximum atomic E-state index is 6.44. The number of fused-ring (bicyclic) bond motifs is 8. The van der Waals surface area contributed by atoms with Crippen LogP contribution in [0.15, 0.2) is 167 Å². The molecule has 0 N–H and O–H groups in total. The van der Waals surface area contributed by atoms with E-state index in [1.54, 1.807) is 0 Å². The Kier molecular flexibility index (Phi) is 6.15. The van der Waals surface area contributed by atoms with Crippen LogP contribution in [0.3, 0.4) is 0 Å². The fourth-order valence-electron chi connectivity index (χ4n) is 7.65. The number of furan rings is 2. The van der Waals surface area contributed by atoms with Crippen LogP contribution in [-0.4, -0.2) is 19.9 Å². The van der Waals surface area contributed by atoms with Gasteiger partial charge in [0.2, 0.25) is 0 Å². The Balaban J connectivity index is 1.15. The summed E-state index contributed by atoms with van der Waals surface area (Å²) in [5.74, 6) is 1.79. The van der Waals surface area contributed by atoms with Gasteiger partial charge in [-0.15, -0.1) is 0 Å². The number of aromatic nitrogens is 4. The van der Waals surface area contributed by atoms with Crippen molar-refractivity contribution in [2.24, 2.45) is 0 Å². The third-order valence-electron chi connectivity index (χ3n) is 10.0. The number of hydrogen-bond acceptors (Lipinski definition) is 6. The summed E-state index contributed by atoms with van der Waals surface area (Å²) >= 11 is 0. The van der Waals surface area contributed by atoms with Crippen LogP contribution >= 0.6 is 0 Å². The average molecular weight is 667 g/mol. The largest absolute Gasteiger partial charge is 0.456 e. The third kappa shape index (κ3) is 4.38. The molecule has 4 aromatic heterocycles. The molecule has 0 fully saturated rings. The van der Waals surface area contributed by atoms with E-state index in [9.17, 15) is 0 Å². The molecule has 0 aliphatic rings. The Labute approximate surface area is 296 Å². The third-order valence-corrected chi connectivity index (χ3v) is 10.0. The van der Waals surface area contributed by atoms with Gasteiger partial charge < -0.3 is 8.83 Å². The van der Waals surface area contributed by atoms with E-state index in [0.29, 0.717) is 17.5 Å². The molecular formula is C46H26N4O2. The van der Waals surface area contributed by atoms with Crippen LogP contribution in [-0.2, 0) is 0 Å². The van der Waals surface area contributed by atoms with Gasteiger partial charge in [-0.25, -0.2) is 15.0 Å². The minimum Gasteiger partial charge on any atom is -0.456 e. The van der Waals surface area contributed by atoms with Crippen molar-refractivity contribution in [3.8, 4) is 45.3 Å². The van der Waals surface area contributed by atoms with E-state index < -0.39 is 0 Å². The standard InChI is InChI=1S/C46H26N4O2/c1-2-10-27(11-3-1)44-48-45(50-46(49-44)36-16-9-19-40-43(36)35-14-6-7-17-38(35)51-40)34-21-20-32(30-12-4-5-13-31(30)34)33-15-8-18-39-42(33)37-24-29-26-47-23-22-28(29)25-41(37)52-39/h1-26H. The monoisotopic (exact) mass is 666 g/mol. The van der Waals surface area contributed by atoms with E-state index in [-0.39, 0.29) is 0 Å². The number of hydrogen-bond donors (Lipinski definition) is 0. The number of pyridine rings is 1. The quantitative estimate of drug-likeness (QED) is 0.186. The molecule has 6 nitrogen and oxygen atoms in total. The van der Waals surface area contributed by atoms with Gasteiger partial charge in [0.25, 0.3) is 0 Å². The van der Waals surface area contributed by atoms with E-state index in [4.69, 9.17) is 23.8 Å². The van der Waals surface area contributed by atoms with E-state index in [1.807, 2.05) is 85.2 Å². The molecule has 0 bridgehead atoms. The van der Waals surface area contributed by atoms with Gasteiger partial charge in [0, 0.05) is 56.0 Å². The van der Waals surface area contributed by atoms with Gasteiger partial charge in [0.15, 0.2) is 17.5 Å². The van der Waals surface area contributed by atoms with Gasteiger partial charge in [-0.05, 0) is 69.8 Å². The highest BCUT2D eigenvalue weighted by Crippen LogP contribution is 2.43. The second kappa shape index (κ2) is 11.2. The van der Waals surface area contributed by atoms with Crippen LogP contribution in [0.4, 0.5) is 0 Å². The Hall–Kier alpha value is -7.18. The molecule has 0 aliphatic carbocycles. The first kappa shape index (κ1) is 28.6. The molecule has 6 heteroatoms. The molecule has 0 aliphatic heterocycles. The highest BCUT2D eigenvalue weighted by molar-refractivity contribution is 6.18. The van der Waals surface area contributed by atoms with Gasteiger partial charge in [0.1, 0.15) is 22.3 Å². The lowest BCUT2D eigenvalue weighted by Crippen LogP contribution is -2.01. The normalized spacial score (nSPS) is 11.8. The Morgan fingerprint density at radius 2 is 0.981 bits per heavy atom. The van der Waals surface area contributed by atoms with Crippen LogP contribution in [0.1, 0.15) is 0 Å². The molecule has 0 atom stereocenters. The van der Waals surface area contributed by atoms with Gasteiger partial charge in [-0.2, -0.15) is 0 Å².